The standard InChI is InChI=1S/C19H20N4O2S/c24-18-17(13-14-3-4-16-15(12-14)2-1-5-20-16)26-19(22-18)21-6-7-23-8-10-25-11-9-23/h1-5,12-13H,6-11H2,(H,21,22,24). The number of nitrogens with zero attached hydrogens (tertiary/aromatic N) is 3. The Morgan fingerprint density at radius 1 is 1.31 bits per heavy atom. The van der Waals surface area contributed by atoms with Crippen LogP contribution in [0.1, 0.15) is 5.56 Å². The molecule has 0 unspecified atom stereocenters. The number of hydrogen-bond donors (Lipinski definition) is 1. The van der Waals surface area contributed by atoms with Gasteiger partial charge in [0.1, 0.15) is 0 Å². The third-order valence-corrected chi connectivity index (χ3v) is 5.30. The van der Waals surface area contributed by atoms with Crippen LogP contribution in [0.25, 0.3) is 17.0 Å². The summed E-state index contributed by atoms with van der Waals surface area (Å²) in [5.41, 5.74) is 1.93. The number of carbonyl (C=O) groups is 1. The van der Waals surface area contributed by atoms with Crippen LogP contribution in [0.4, 0.5) is 0 Å². The lowest BCUT2D eigenvalue weighted by atomic mass is 10.1. The molecule has 0 saturated carbocycles. The van der Waals surface area contributed by atoms with Crippen LogP contribution < -0.4 is 5.32 Å². The molecule has 6 nitrogen and oxygen atoms in total. The van der Waals surface area contributed by atoms with Gasteiger partial charge in [0.05, 0.1) is 30.2 Å². The Kier molecular flexibility index (Phi) is 5.29. The molecule has 2 aliphatic heterocycles. The fourth-order valence-electron chi connectivity index (χ4n) is 2.95. The molecular formula is C19H20N4O2S. The number of amides is 1. The number of nitrogens with one attached hydrogen (secondary N) is 1. The van der Waals surface area contributed by atoms with Crippen LogP contribution >= 0.6 is 11.8 Å². The number of morpholine rings is 1. The van der Waals surface area contributed by atoms with Crippen LogP contribution in [-0.2, 0) is 9.53 Å². The third kappa shape index (κ3) is 4.12. The summed E-state index contributed by atoms with van der Waals surface area (Å²) in [6.45, 7) is 5.04. The highest BCUT2D eigenvalue weighted by atomic mass is 32.2. The molecule has 0 aliphatic carbocycles. The van der Waals surface area contributed by atoms with Crippen molar-refractivity contribution < 1.29 is 9.53 Å². The molecule has 0 spiro atoms. The van der Waals surface area contributed by atoms with E-state index in [-0.39, 0.29) is 5.91 Å². The van der Waals surface area contributed by atoms with Crippen molar-refractivity contribution in [1.82, 2.24) is 15.2 Å². The summed E-state index contributed by atoms with van der Waals surface area (Å²) in [7, 11) is 0. The molecule has 26 heavy (non-hydrogen) atoms. The van der Waals surface area contributed by atoms with Gasteiger partial charge in [-0.15, -0.1) is 0 Å². The lowest BCUT2D eigenvalue weighted by Gasteiger charge is -2.25. The smallest absolute Gasteiger partial charge is 0.264 e. The predicted molar refractivity (Wildman–Crippen MR) is 105 cm³/mol. The number of ether oxygens (including phenoxy) is 1. The molecule has 3 heterocycles. The molecule has 0 radical (unpaired) electrons. The number of rotatable bonds is 4. The number of benzene rings is 1. The van der Waals surface area contributed by atoms with E-state index in [1.54, 1.807) is 6.20 Å². The van der Waals surface area contributed by atoms with Crippen LogP contribution in [-0.4, -0.2) is 60.4 Å². The first-order valence-corrected chi connectivity index (χ1v) is 9.50. The quantitative estimate of drug-likeness (QED) is 0.838. The molecular weight excluding hydrogens is 348 g/mol. The molecule has 0 bridgehead atoms. The number of pyridine rings is 1. The van der Waals surface area contributed by atoms with E-state index in [9.17, 15) is 4.79 Å². The Morgan fingerprint density at radius 2 is 2.19 bits per heavy atom. The van der Waals surface area contributed by atoms with E-state index >= 15 is 0 Å². The van der Waals surface area contributed by atoms with Gasteiger partial charge in [0.15, 0.2) is 5.17 Å². The zero-order valence-electron chi connectivity index (χ0n) is 14.4. The molecule has 4 rings (SSSR count). The van der Waals surface area contributed by atoms with Gasteiger partial charge in [0.25, 0.3) is 5.91 Å². The zero-order valence-corrected chi connectivity index (χ0v) is 15.2. The number of carbonyl (C=O) groups excluding carboxylic acids is 1. The highest BCUT2D eigenvalue weighted by Crippen LogP contribution is 2.26. The Labute approximate surface area is 156 Å². The SMILES string of the molecule is O=C1NC(=NCCN2CCOCC2)SC1=Cc1ccc2ncccc2c1. The molecule has 2 saturated heterocycles. The molecule has 2 aliphatic rings. The third-order valence-electron chi connectivity index (χ3n) is 4.35. The Hall–Kier alpha value is -2.22. The molecule has 0 atom stereocenters. The maximum Gasteiger partial charge on any atom is 0.264 e. The summed E-state index contributed by atoms with van der Waals surface area (Å²) < 4.78 is 5.34. The van der Waals surface area contributed by atoms with Crippen molar-refractivity contribution in [2.45, 2.75) is 0 Å². The number of aromatic nitrogens is 1. The molecule has 2 aromatic rings. The van der Waals surface area contributed by atoms with E-state index in [4.69, 9.17) is 4.74 Å². The van der Waals surface area contributed by atoms with Gasteiger partial charge in [-0.1, -0.05) is 12.1 Å². The number of amidine groups is 1. The van der Waals surface area contributed by atoms with Crippen LogP contribution in [0.15, 0.2) is 46.4 Å². The van der Waals surface area contributed by atoms with Crippen molar-refractivity contribution in [3.05, 3.63) is 47.0 Å². The Morgan fingerprint density at radius 3 is 3.08 bits per heavy atom. The zero-order chi connectivity index (χ0) is 17.8. The summed E-state index contributed by atoms with van der Waals surface area (Å²) in [5, 5.41) is 4.59. The van der Waals surface area contributed by atoms with Gasteiger partial charge < -0.3 is 10.1 Å². The van der Waals surface area contributed by atoms with Gasteiger partial charge in [-0.05, 0) is 41.6 Å². The van der Waals surface area contributed by atoms with Crippen molar-refractivity contribution in [1.29, 1.82) is 0 Å². The second-order valence-electron chi connectivity index (χ2n) is 6.16. The summed E-state index contributed by atoms with van der Waals surface area (Å²) in [6, 6.07) is 9.91. The van der Waals surface area contributed by atoms with E-state index in [1.165, 1.54) is 11.8 Å². The summed E-state index contributed by atoms with van der Waals surface area (Å²) in [6.07, 6.45) is 3.68. The monoisotopic (exact) mass is 368 g/mol. The number of fused-ring (bicyclic) bond motifs is 1. The van der Waals surface area contributed by atoms with Gasteiger partial charge in [-0.3, -0.25) is 19.7 Å². The Balaban J connectivity index is 1.41. The maximum absolute atomic E-state index is 12.2. The van der Waals surface area contributed by atoms with Gasteiger partial charge in [-0.25, -0.2) is 0 Å². The highest BCUT2D eigenvalue weighted by molar-refractivity contribution is 8.18. The fourth-order valence-corrected chi connectivity index (χ4v) is 3.80. The lowest BCUT2D eigenvalue weighted by Crippen LogP contribution is -2.37. The number of aliphatic imine (C=N–C) groups is 1. The highest BCUT2D eigenvalue weighted by Gasteiger charge is 2.23. The van der Waals surface area contributed by atoms with Crippen LogP contribution in [0.3, 0.4) is 0 Å². The van der Waals surface area contributed by atoms with Gasteiger partial charge in [0, 0.05) is 31.2 Å². The maximum atomic E-state index is 12.2. The van der Waals surface area contributed by atoms with E-state index in [1.807, 2.05) is 36.4 Å². The number of hydrogen-bond acceptors (Lipinski definition) is 6. The summed E-state index contributed by atoms with van der Waals surface area (Å²) in [5.74, 6) is -0.0913. The second-order valence-corrected chi connectivity index (χ2v) is 7.19. The first-order chi connectivity index (χ1) is 12.8. The first-order valence-electron chi connectivity index (χ1n) is 8.68. The minimum atomic E-state index is -0.0913. The van der Waals surface area contributed by atoms with Crippen molar-refractivity contribution in [2.24, 2.45) is 4.99 Å². The molecule has 134 valence electrons. The first kappa shape index (κ1) is 17.2. The summed E-state index contributed by atoms with van der Waals surface area (Å²) >= 11 is 1.40. The van der Waals surface area contributed by atoms with E-state index < -0.39 is 0 Å². The molecule has 1 amide bonds. The van der Waals surface area contributed by atoms with Gasteiger partial charge in [0.2, 0.25) is 0 Å². The van der Waals surface area contributed by atoms with Gasteiger partial charge >= 0.3 is 0 Å². The van der Waals surface area contributed by atoms with Crippen LogP contribution in [0, 0.1) is 0 Å². The van der Waals surface area contributed by atoms with Crippen LogP contribution in [0.5, 0.6) is 0 Å². The van der Waals surface area contributed by atoms with Crippen molar-refractivity contribution in [3.63, 3.8) is 0 Å². The van der Waals surface area contributed by atoms with E-state index in [0.717, 1.165) is 49.3 Å². The molecule has 7 heteroatoms. The van der Waals surface area contributed by atoms with Crippen molar-refractivity contribution >= 4 is 39.8 Å². The predicted octanol–water partition coefficient (Wildman–Crippen LogP) is 2.13. The topological polar surface area (TPSA) is 66.8 Å². The molecule has 2 fully saturated rings. The lowest BCUT2D eigenvalue weighted by molar-refractivity contribution is -0.115. The Bertz CT molecular complexity index is 875. The minimum Gasteiger partial charge on any atom is -0.379 e. The molecule has 1 aromatic carbocycles. The fraction of sp³-hybridized carbons (Fsp3) is 0.316. The largest absolute Gasteiger partial charge is 0.379 e. The summed E-state index contributed by atoms with van der Waals surface area (Å²) in [4.78, 5) is 24.0. The average molecular weight is 368 g/mol. The van der Waals surface area contributed by atoms with Crippen molar-refractivity contribution in [2.75, 3.05) is 39.4 Å². The van der Waals surface area contributed by atoms with E-state index in [0.29, 0.717) is 16.6 Å². The van der Waals surface area contributed by atoms with E-state index in [2.05, 4.69) is 20.2 Å². The van der Waals surface area contributed by atoms with Gasteiger partial charge in [-0.2, -0.15) is 0 Å². The average Bonchev–Trinajstić information content (AvgIpc) is 3.02. The molecule has 1 N–H and O–H groups in total. The molecule has 1 aromatic heterocycles. The van der Waals surface area contributed by atoms with Crippen molar-refractivity contribution in [3.8, 4) is 0 Å². The normalized spacial score (nSPS) is 21.6. The number of thioether (sulfide) groups is 1. The minimum absolute atomic E-state index is 0.0913. The second kappa shape index (κ2) is 7.99. The van der Waals surface area contributed by atoms with Crippen LogP contribution in [0.2, 0.25) is 0 Å².